The van der Waals surface area contributed by atoms with E-state index in [9.17, 15) is 8.42 Å². The summed E-state index contributed by atoms with van der Waals surface area (Å²) in [6, 6.07) is 41.4. The van der Waals surface area contributed by atoms with Gasteiger partial charge in [-0.15, -0.1) is 0 Å². The largest absolute Gasteiger partial charge is 0.405 e. The fourth-order valence-electron chi connectivity index (χ4n) is 8.98. The summed E-state index contributed by atoms with van der Waals surface area (Å²) < 4.78 is 73.9. The SMILES string of the molecule is CC1(C)O[C@@H](CO[Si](c2ccccc2)(c2ccccc2)C(C)(C)C)[C@H](C(OS(C)(=O)=O)[C@@H]2OC(C)(C)O[C@@H]2CO[Si](c2ccccc2)(c2ccccc2)C(C)(C)C)O1. The molecule has 9 nitrogen and oxygen atoms in total. The average molecular weight is 847 g/mol. The maximum atomic E-state index is 13.3. The van der Waals surface area contributed by atoms with Crippen molar-refractivity contribution in [1.82, 2.24) is 0 Å². The molecule has 314 valence electrons. The first-order valence-electron chi connectivity index (χ1n) is 20.2. The van der Waals surface area contributed by atoms with Gasteiger partial charge in [-0.05, 0) is 58.5 Å². The van der Waals surface area contributed by atoms with Crippen LogP contribution in [-0.2, 0) is 42.1 Å². The molecule has 6 rings (SSSR count). The quantitative estimate of drug-likeness (QED) is 0.104. The van der Waals surface area contributed by atoms with Crippen molar-refractivity contribution in [1.29, 1.82) is 0 Å². The maximum absolute atomic E-state index is 13.3. The van der Waals surface area contributed by atoms with Gasteiger partial charge in [0.2, 0.25) is 0 Å². The van der Waals surface area contributed by atoms with Crippen molar-refractivity contribution in [2.45, 2.75) is 121 Å². The predicted molar refractivity (Wildman–Crippen MR) is 235 cm³/mol. The molecular formula is C46H62O9SSi2. The third-order valence-corrected chi connectivity index (χ3v) is 21.7. The van der Waals surface area contributed by atoms with E-state index in [-0.39, 0.29) is 23.3 Å². The molecule has 2 fully saturated rings. The van der Waals surface area contributed by atoms with Crippen molar-refractivity contribution in [2.75, 3.05) is 19.5 Å². The van der Waals surface area contributed by atoms with E-state index in [1.165, 1.54) is 0 Å². The van der Waals surface area contributed by atoms with Gasteiger partial charge in [-0.25, -0.2) is 0 Å². The summed E-state index contributed by atoms with van der Waals surface area (Å²) in [5.41, 5.74) is 0. The predicted octanol–water partition coefficient (Wildman–Crippen LogP) is 6.52. The zero-order valence-corrected chi connectivity index (χ0v) is 38.7. The van der Waals surface area contributed by atoms with Crippen LogP contribution in [0, 0.1) is 0 Å². The van der Waals surface area contributed by atoms with Gasteiger partial charge in [0.15, 0.2) is 11.6 Å². The number of ether oxygens (including phenoxy) is 4. The minimum Gasteiger partial charge on any atom is -0.405 e. The summed E-state index contributed by atoms with van der Waals surface area (Å²) >= 11 is 0. The Balaban J connectivity index is 1.40. The van der Waals surface area contributed by atoms with Gasteiger partial charge in [-0.2, -0.15) is 8.42 Å². The smallest absolute Gasteiger partial charge is 0.264 e. The van der Waals surface area contributed by atoms with E-state index < -0.39 is 68.8 Å². The first-order chi connectivity index (χ1) is 27.1. The highest BCUT2D eigenvalue weighted by atomic mass is 32.2. The third-order valence-electron chi connectivity index (χ3n) is 11.1. The molecule has 0 spiro atoms. The Labute approximate surface area is 348 Å². The molecule has 5 atom stereocenters. The minimum absolute atomic E-state index is 0.102. The van der Waals surface area contributed by atoms with Crippen molar-refractivity contribution in [3.8, 4) is 0 Å². The Morgan fingerprint density at radius 3 is 1.05 bits per heavy atom. The van der Waals surface area contributed by atoms with Crippen LogP contribution < -0.4 is 20.7 Å². The van der Waals surface area contributed by atoms with Crippen LogP contribution in [-0.4, -0.2) is 86.6 Å². The molecule has 12 heteroatoms. The van der Waals surface area contributed by atoms with Crippen molar-refractivity contribution >= 4 is 47.5 Å². The van der Waals surface area contributed by atoms with Crippen LogP contribution in [0.1, 0.15) is 69.2 Å². The highest BCUT2D eigenvalue weighted by Crippen LogP contribution is 2.43. The Kier molecular flexibility index (Phi) is 12.9. The third kappa shape index (κ3) is 9.31. The molecule has 0 aliphatic carbocycles. The second-order valence-corrected chi connectivity index (χ2v) is 28.7. The van der Waals surface area contributed by atoms with E-state index in [0.717, 1.165) is 27.0 Å². The molecule has 0 aromatic heterocycles. The second-order valence-electron chi connectivity index (χ2n) is 18.5. The van der Waals surface area contributed by atoms with E-state index >= 15 is 0 Å². The van der Waals surface area contributed by atoms with Crippen LogP contribution in [0.15, 0.2) is 121 Å². The van der Waals surface area contributed by atoms with Crippen LogP contribution in [0.25, 0.3) is 0 Å². The topological polar surface area (TPSA) is 98.8 Å². The molecule has 2 aliphatic rings. The molecule has 58 heavy (non-hydrogen) atoms. The van der Waals surface area contributed by atoms with Gasteiger partial charge in [0.25, 0.3) is 26.8 Å². The van der Waals surface area contributed by atoms with Crippen LogP contribution in [0.2, 0.25) is 10.1 Å². The number of hydrogen-bond donors (Lipinski definition) is 0. The van der Waals surface area contributed by atoms with Crippen molar-refractivity contribution in [2.24, 2.45) is 0 Å². The van der Waals surface area contributed by atoms with Crippen LogP contribution >= 0.6 is 0 Å². The first-order valence-corrected chi connectivity index (χ1v) is 25.8. The molecule has 0 N–H and O–H groups in total. The van der Waals surface area contributed by atoms with Gasteiger partial charge in [0.1, 0.15) is 30.5 Å². The normalized spacial score (nSPS) is 23.2. The van der Waals surface area contributed by atoms with Crippen LogP contribution in [0.3, 0.4) is 0 Å². The number of rotatable bonds is 14. The molecule has 2 heterocycles. The lowest BCUT2D eigenvalue weighted by molar-refractivity contribution is -0.174. The second kappa shape index (κ2) is 16.8. The minimum atomic E-state index is -4.06. The number of hydrogen-bond acceptors (Lipinski definition) is 9. The van der Waals surface area contributed by atoms with E-state index in [1.807, 2.05) is 100 Å². The van der Waals surface area contributed by atoms with E-state index in [4.69, 9.17) is 32.0 Å². The van der Waals surface area contributed by atoms with Crippen molar-refractivity contribution < 1.29 is 40.4 Å². The van der Waals surface area contributed by atoms with Crippen LogP contribution in [0.4, 0.5) is 0 Å². The fraction of sp³-hybridized carbons (Fsp3) is 0.478. The summed E-state index contributed by atoms with van der Waals surface area (Å²) in [7, 11) is -10.1. The zero-order valence-electron chi connectivity index (χ0n) is 35.9. The molecule has 4 aromatic carbocycles. The molecule has 2 aliphatic heterocycles. The highest BCUT2D eigenvalue weighted by molar-refractivity contribution is 7.86. The van der Waals surface area contributed by atoms with Gasteiger partial charge in [-0.1, -0.05) is 163 Å². The summed E-state index contributed by atoms with van der Waals surface area (Å²) in [5.74, 6) is -2.20. The van der Waals surface area contributed by atoms with E-state index in [0.29, 0.717) is 0 Å². The molecule has 4 aromatic rings. The fourth-order valence-corrected chi connectivity index (χ4v) is 18.7. The van der Waals surface area contributed by atoms with E-state index in [1.54, 1.807) is 0 Å². The van der Waals surface area contributed by atoms with Gasteiger partial charge in [0.05, 0.1) is 19.5 Å². The highest BCUT2D eigenvalue weighted by Gasteiger charge is 2.58. The van der Waals surface area contributed by atoms with Gasteiger partial charge >= 0.3 is 0 Å². The lowest BCUT2D eigenvalue weighted by Gasteiger charge is -2.44. The molecule has 0 amide bonds. The standard InChI is InChI=1S/C46H62O9SSi2/c1-43(2,3)57(34-24-16-12-17-25-34,35-26-18-13-19-27-35)49-32-38-40(53-45(7,8)51-38)42(55-56(11,47)48)41-39(52-46(9,10)54-41)33-50-58(44(4,5)6,36-28-20-14-21-29-36)37-30-22-15-23-31-37/h12-31,38-42H,32-33H2,1-11H3/t38-,39+,40-,41-,42?/m1/s1. The molecule has 0 bridgehead atoms. The molecule has 0 saturated carbocycles. The summed E-state index contributed by atoms with van der Waals surface area (Å²) in [6.07, 6.45) is -3.48. The van der Waals surface area contributed by atoms with E-state index in [2.05, 4.69) is 90.1 Å². The Hall–Kier alpha value is -3.02. The number of benzene rings is 4. The molecular weight excluding hydrogens is 785 g/mol. The summed E-state index contributed by atoms with van der Waals surface area (Å²) in [5, 5.41) is 3.84. The van der Waals surface area contributed by atoms with Crippen molar-refractivity contribution in [3.05, 3.63) is 121 Å². The molecule has 1 unspecified atom stereocenters. The Bertz CT molecular complexity index is 1840. The lowest BCUT2D eigenvalue weighted by Crippen LogP contribution is -2.67. The van der Waals surface area contributed by atoms with Gasteiger partial charge < -0.3 is 27.8 Å². The Morgan fingerprint density at radius 2 is 0.810 bits per heavy atom. The van der Waals surface area contributed by atoms with Gasteiger partial charge in [-0.3, -0.25) is 4.18 Å². The first kappa shape index (κ1) is 44.5. The van der Waals surface area contributed by atoms with Gasteiger partial charge in [0, 0.05) is 0 Å². The monoisotopic (exact) mass is 846 g/mol. The Morgan fingerprint density at radius 1 is 0.534 bits per heavy atom. The van der Waals surface area contributed by atoms with Crippen molar-refractivity contribution in [3.63, 3.8) is 0 Å². The average Bonchev–Trinajstić information content (AvgIpc) is 3.64. The summed E-state index contributed by atoms with van der Waals surface area (Å²) in [6.45, 7) is 20.8. The molecule has 0 radical (unpaired) electrons. The zero-order chi connectivity index (χ0) is 42.2. The van der Waals surface area contributed by atoms with Crippen LogP contribution in [0.5, 0.6) is 0 Å². The maximum Gasteiger partial charge on any atom is 0.264 e. The summed E-state index contributed by atoms with van der Waals surface area (Å²) in [4.78, 5) is 0. The lowest BCUT2D eigenvalue weighted by atomic mass is 10.00. The molecule has 2 saturated heterocycles.